The van der Waals surface area contributed by atoms with Gasteiger partial charge < -0.3 is 4.74 Å². The maximum atomic E-state index is 13.3. The fraction of sp³-hybridized carbons (Fsp3) is 0.118. The van der Waals surface area contributed by atoms with Crippen LogP contribution in [0.2, 0.25) is 10.0 Å². The Hall–Kier alpha value is -2.27. The number of nitrogens with two attached hydrogens (primary N) is 1. The van der Waals surface area contributed by atoms with Crippen molar-refractivity contribution in [3.63, 3.8) is 0 Å². The van der Waals surface area contributed by atoms with Gasteiger partial charge in [0.2, 0.25) is 10.0 Å². The molecule has 0 bridgehead atoms. The first-order chi connectivity index (χ1) is 13.4. The highest BCUT2D eigenvalue weighted by atomic mass is 35.5. The molecule has 12 heteroatoms. The predicted molar refractivity (Wildman–Crippen MR) is 102 cm³/mol. The highest BCUT2D eigenvalue weighted by Gasteiger charge is 2.35. The first-order valence-electron chi connectivity index (χ1n) is 7.75. The first-order valence-corrected chi connectivity index (χ1v) is 10.1. The van der Waals surface area contributed by atoms with Gasteiger partial charge in [0.25, 0.3) is 0 Å². The molecule has 0 amide bonds. The SMILES string of the molecule is COc1c(Cl)cc(-c2cc(C(F)(F)F)nn2-c2ccc(S(N)(=O)=O)cc2)cc1Cl. The molecule has 0 fully saturated rings. The van der Waals surface area contributed by atoms with E-state index in [9.17, 15) is 21.6 Å². The van der Waals surface area contributed by atoms with Crippen LogP contribution in [0.15, 0.2) is 47.4 Å². The molecule has 0 saturated heterocycles. The number of methoxy groups -OCH3 is 1. The van der Waals surface area contributed by atoms with Gasteiger partial charge in [0.15, 0.2) is 11.4 Å². The van der Waals surface area contributed by atoms with E-state index in [0.29, 0.717) is 0 Å². The molecule has 2 N–H and O–H groups in total. The molecule has 3 aromatic rings. The van der Waals surface area contributed by atoms with E-state index in [2.05, 4.69) is 5.10 Å². The number of hydrogen-bond donors (Lipinski definition) is 1. The monoisotopic (exact) mass is 465 g/mol. The Morgan fingerprint density at radius 1 is 1.07 bits per heavy atom. The molecule has 0 aliphatic carbocycles. The van der Waals surface area contributed by atoms with E-state index < -0.39 is 21.9 Å². The van der Waals surface area contributed by atoms with Crippen molar-refractivity contribution in [2.45, 2.75) is 11.1 Å². The molecule has 0 unspecified atom stereocenters. The lowest BCUT2D eigenvalue weighted by atomic mass is 10.1. The van der Waals surface area contributed by atoms with Crippen LogP contribution in [0, 0.1) is 0 Å². The summed E-state index contributed by atoms with van der Waals surface area (Å²) in [7, 11) is -2.61. The third-order valence-corrected chi connectivity index (χ3v) is 5.40. The molecule has 0 spiro atoms. The lowest BCUT2D eigenvalue weighted by Gasteiger charge is -2.11. The van der Waals surface area contributed by atoms with Crippen LogP contribution in [0.1, 0.15) is 5.69 Å². The van der Waals surface area contributed by atoms with Crippen molar-refractivity contribution in [3.8, 4) is 22.7 Å². The molecule has 1 heterocycles. The Balaban J connectivity index is 2.22. The normalized spacial score (nSPS) is 12.2. The van der Waals surface area contributed by atoms with Gasteiger partial charge in [-0.05, 0) is 42.5 Å². The summed E-state index contributed by atoms with van der Waals surface area (Å²) in [5.74, 6) is 0.177. The molecular weight excluding hydrogens is 454 g/mol. The lowest BCUT2D eigenvalue weighted by Crippen LogP contribution is -2.12. The van der Waals surface area contributed by atoms with Gasteiger partial charge in [-0.15, -0.1) is 0 Å². The second-order valence-corrected chi connectivity index (χ2v) is 8.21. The number of rotatable bonds is 4. The molecule has 0 aliphatic rings. The third kappa shape index (κ3) is 4.35. The molecule has 2 aromatic carbocycles. The first kappa shape index (κ1) is 21.4. The van der Waals surface area contributed by atoms with Crippen LogP contribution in [0.3, 0.4) is 0 Å². The van der Waals surface area contributed by atoms with Crippen molar-refractivity contribution < 1.29 is 26.3 Å². The summed E-state index contributed by atoms with van der Waals surface area (Å²) in [6.07, 6.45) is -4.71. The Bertz CT molecular complexity index is 1150. The lowest BCUT2D eigenvalue weighted by molar-refractivity contribution is -0.141. The number of benzene rings is 2. The predicted octanol–water partition coefficient (Wildman–Crippen LogP) is 4.52. The Morgan fingerprint density at radius 2 is 1.62 bits per heavy atom. The van der Waals surface area contributed by atoms with Crippen molar-refractivity contribution in [2.24, 2.45) is 5.14 Å². The van der Waals surface area contributed by atoms with Crippen LogP contribution >= 0.6 is 23.2 Å². The minimum Gasteiger partial charge on any atom is -0.494 e. The van der Waals surface area contributed by atoms with E-state index in [4.69, 9.17) is 33.1 Å². The van der Waals surface area contributed by atoms with Gasteiger partial charge in [-0.2, -0.15) is 18.3 Å². The minimum atomic E-state index is -4.71. The van der Waals surface area contributed by atoms with Gasteiger partial charge in [-0.3, -0.25) is 0 Å². The van der Waals surface area contributed by atoms with Crippen molar-refractivity contribution in [2.75, 3.05) is 7.11 Å². The van der Waals surface area contributed by atoms with E-state index in [1.165, 1.54) is 31.4 Å². The average molecular weight is 466 g/mol. The van der Waals surface area contributed by atoms with E-state index >= 15 is 0 Å². The number of aromatic nitrogens is 2. The van der Waals surface area contributed by atoms with Gasteiger partial charge in [-0.25, -0.2) is 18.2 Å². The molecule has 1 aromatic heterocycles. The molecule has 29 heavy (non-hydrogen) atoms. The van der Waals surface area contributed by atoms with Crippen LogP contribution in [0.25, 0.3) is 16.9 Å². The highest BCUT2D eigenvalue weighted by molar-refractivity contribution is 7.89. The molecule has 0 radical (unpaired) electrons. The summed E-state index contributed by atoms with van der Waals surface area (Å²) in [5, 5.41) is 8.86. The fourth-order valence-corrected chi connectivity index (χ4v) is 3.76. The minimum absolute atomic E-state index is 0.0344. The summed E-state index contributed by atoms with van der Waals surface area (Å²) >= 11 is 12.2. The van der Waals surface area contributed by atoms with Gasteiger partial charge in [0.1, 0.15) is 0 Å². The highest BCUT2D eigenvalue weighted by Crippen LogP contribution is 2.39. The number of halogens is 5. The summed E-state index contributed by atoms with van der Waals surface area (Å²) < 4.78 is 68.7. The van der Waals surface area contributed by atoms with E-state index in [0.717, 1.165) is 22.9 Å². The molecule has 0 aliphatic heterocycles. The smallest absolute Gasteiger partial charge is 0.435 e. The number of primary sulfonamides is 1. The zero-order valence-corrected chi connectivity index (χ0v) is 16.9. The summed E-state index contributed by atoms with van der Waals surface area (Å²) in [4.78, 5) is -0.193. The van der Waals surface area contributed by atoms with Crippen LogP contribution in [0.5, 0.6) is 5.75 Å². The standard InChI is InChI=1S/C17H12Cl2F3N3O3S/c1-28-16-12(18)6-9(7-13(16)19)14-8-15(17(20,21)22)24-25(14)10-2-4-11(5-3-10)29(23,26)27/h2-8H,1H3,(H2,23,26,27). The van der Waals surface area contributed by atoms with E-state index in [1.807, 2.05) is 0 Å². The topological polar surface area (TPSA) is 87.2 Å². The van der Waals surface area contributed by atoms with E-state index in [1.54, 1.807) is 0 Å². The van der Waals surface area contributed by atoms with Crippen molar-refractivity contribution in [3.05, 3.63) is 58.2 Å². The quantitative estimate of drug-likeness (QED) is 0.613. The van der Waals surface area contributed by atoms with Crippen LogP contribution in [0.4, 0.5) is 13.2 Å². The molecule has 0 saturated carbocycles. The van der Waals surface area contributed by atoms with Gasteiger partial charge in [0, 0.05) is 5.56 Å². The Kier molecular flexibility index (Phi) is 5.56. The average Bonchev–Trinajstić information content (AvgIpc) is 3.06. The number of nitrogens with zero attached hydrogens (tertiary/aromatic N) is 2. The second-order valence-electron chi connectivity index (χ2n) is 5.84. The molecule has 154 valence electrons. The molecular formula is C17H12Cl2F3N3O3S. The summed E-state index contributed by atoms with van der Waals surface area (Å²) in [5.41, 5.74) is -0.691. The molecule has 6 nitrogen and oxygen atoms in total. The summed E-state index contributed by atoms with van der Waals surface area (Å²) in [6.45, 7) is 0. The van der Waals surface area contributed by atoms with Crippen LogP contribution in [-0.4, -0.2) is 25.3 Å². The van der Waals surface area contributed by atoms with Gasteiger partial charge in [0.05, 0.1) is 33.4 Å². The maximum Gasteiger partial charge on any atom is 0.435 e. The zero-order valence-electron chi connectivity index (χ0n) is 14.5. The zero-order chi connectivity index (χ0) is 21.6. The number of sulfonamides is 1. The van der Waals surface area contributed by atoms with Crippen molar-refractivity contribution >= 4 is 33.2 Å². The number of hydrogen-bond acceptors (Lipinski definition) is 4. The Labute approximate surface area is 173 Å². The van der Waals surface area contributed by atoms with Gasteiger partial charge in [-0.1, -0.05) is 23.2 Å². The van der Waals surface area contributed by atoms with Crippen LogP contribution in [-0.2, 0) is 16.2 Å². The maximum absolute atomic E-state index is 13.3. The van der Waals surface area contributed by atoms with Crippen molar-refractivity contribution in [1.82, 2.24) is 9.78 Å². The summed E-state index contributed by atoms with van der Waals surface area (Å²) in [6, 6.07) is 8.50. The van der Waals surface area contributed by atoms with Gasteiger partial charge >= 0.3 is 6.18 Å². The fourth-order valence-electron chi connectivity index (χ4n) is 2.60. The largest absolute Gasteiger partial charge is 0.494 e. The number of alkyl halides is 3. The Morgan fingerprint density at radius 3 is 2.07 bits per heavy atom. The third-order valence-electron chi connectivity index (χ3n) is 3.91. The molecule has 0 atom stereocenters. The molecule has 3 rings (SSSR count). The second kappa shape index (κ2) is 7.52. The van der Waals surface area contributed by atoms with E-state index in [-0.39, 0.29) is 37.6 Å². The number of ether oxygens (including phenoxy) is 1. The van der Waals surface area contributed by atoms with Crippen LogP contribution < -0.4 is 9.88 Å². The van der Waals surface area contributed by atoms with Crippen molar-refractivity contribution in [1.29, 1.82) is 0 Å².